The van der Waals surface area contributed by atoms with Gasteiger partial charge in [-0.25, -0.2) is 4.68 Å². The maximum atomic E-state index is 9.35. The Labute approximate surface area is 125 Å². The lowest BCUT2D eigenvalue weighted by atomic mass is 10.1. The van der Waals surface area contributed by atoms with Crippen LogP contribution in [-0.4, -0.2) is 26.7 Å². The molecule has 114 valence electrons. The van der Waals surface area contributed by atoms with Crippen molar-refractivity contribution in [2.75, 3.05) is 6.61 Å². The van der Waals surface area contributed by atoms with Crippen LogP contribution in [0.1, 0.15) is 31.7 Å². The Morgan fingerprint density at radius 1 is 1.24 bits per heavy atom. The van der Waals surface area contributed by atoms with Crippen LogP contribution in [0.3, 0.4) is 0 Å². The smallest absolute Gasteiger partial charge is 0.119 e. The largest absolute Gasteiger partial charge is 0.494 e. The topological polar surface area (TPSA) is 60.2 Å². The second-order valence-corrected chi connectivity index (χ2v) is 5.48. The Bertz CT molecular complexity index is 538. The van der Waals surface area contributed by atoms with Gasteiger partial charge < -0.3 is 9.84 Å². The van der Waals surface area contributed by atoms with Crippen molar-refractivity contribution in [3.8, 4) is 5.75 Å². The van der Waals surface area contributed by atoms with Gasteiger partial charge in [-0.05, 0) is 30.9 Å². The van der Waals surface area contributed by atoms with Crippen LogP contribution in [0.4, 0.5) is 0 Å². The van der Waals surface area contributed by atoms with Crippen molar-refractivity contribution in [2.24, 2.45) is 5.92 Å². The second kappa shape index (κ2) is 7.78. The first-order valence-electron chi connectivity index (χ1n) is 7.40. The van der Waals surface area contributed by atoms with E-state index in [0.29, 0.717) is 18.2 Å². The fraction of sp³-hybridized carbons (Fsp3) is 0.500. The summed E-state index contributed by atoms with van der Waals surface area (Å²) < 4.78 is 7.59. The van der Waals surface area contributed by atoms with Gasteiger partial charge in [0.25, 0.3) is 0 Å². The molecule has 0 fully saturated rings. The standard InChI is InChI=1S/C16H23N3O2/c1-13(2)11-19-16(15(12-20)17-18-19)9-6-10-21-14-7-4-3-5-8-14/h3-5,7-8,13,20H,6,9-12H2,1-2H3. The van der Waals surface area contributed by atoms with Crippen molar-refractivity contribution in [2.45, 2.75) is 39.8 Å². The maximum Gasteiger partial charge on any atom is 0.119 e. The van der Waals surface area contributed by atoms with Crippen molar-refractivity contribution in [1.29, 1.82) is 0 Å². The molecule has 2 aromatic rings. The van der Waals surface area contributed by atoms with Crippen molar-refractivity contribution in [1.82, 2.24) is 15.0 Å². The lowest BCUT2D eigenvalue weighted by Gasteiger charge is -2.10. The number of hydrogen-bond acceptors (Lipinski definition) is 4. The number of ether oxygens (including phenoxy) is 1. The Kier molecular flexibility index (Phi) is 5.75. The number of aromatic nitrogens is 3. The molecule has 0 radical (unpaired) electrons. The van der Waals surface area contributed by atoms with Crippen LogP contribution in [-0.2, 0) is 19.6 Å². The number of nitrogens with zero attached hydrogens (tertiary/aromatic N) is 3. The van der Waals surface area contributed by atoms with E-state index in [0.717, 1.165) is 30.8 Å². The van der Waals surface area contributed by atoms with Crippen LogP contribution in [0.25, 0.3) is 0 Å². The Morgan fingerprint density at radius 2 is 2.00 bits per heavy atom. The van der Waals surface area contributed by atoms with E-state index in [-0.39, 0.29) is 6.61 Å². The van der Waals surface area contributed by atoms with E-state index in [1.54, 1.807) is 0 Å². The van der Waals surface area contributed by atoms with E-state index in [1.165, 1.54) is 0 Å². The summed E-state index contributed by atoms with van der Waals surface area (Å²) >= 11 is 0. The number of para-hydroxylation sites is 1. The molecule has 1 N–H and O–H groups in total. The summed E-state index contributed by atoms with van der Waals surface area (Å²) in [4.78, 5) is 0. The molecule has 5 nitrogen and oxygen atoms in total. The van der Waals surface area contributed by atoms with Crippen LogP contribution in [0.5, 0.6) is 5.75 Å². The number of benzene rings is 1. The highest BCUT2D eigenvalue weighted by atomic mass is 16.5. The Hall–Kier alpha value is -1.88. The van der Waals surface area contributed by atoms with Crippen LogP contribution in [0.2, 0.25) is 0 Å². The summed E-state index contributed by atoms with van der Waals surface area (Å²) in [6, 6.07) is 9.78. The normalized spacial score (nSPS) is 11.0. The molecule has 1 heterocycles. The summed E-state index contributed by atoms with van der Waals surface area (Å²) in [7, 11) is 0. The van der Waals surface area contributed by atoms with Gasteiger partial charge >= 0.3 is 0 Å². The molecule has 5 heteroatoms. The van der Waals surface area contributed by atoms with Crippen molar-refractivity contribution >= 4 is 0 Å². The maximum absolute atomic E-state index is 9.35. The number of aliphatic hydroxyl groups excluding tert-OH is 1. The molecule has 0 saturated carbocycles. The average Bonchev–Trinajstić information content (AvgIpc) is 2.86. The van der Waals surface area contributed by atoms with Crippen molar-refractivity contribution < 1.29 is 9.84 Å². The minimum absolute atomic E-state index is 0.0625. The summed E-state index contributed by atoms with van der Waals surface area (Å²) in [6.07, 6.45) is 1.68. The molecular formula is C16H23N3O2. The van der Waals surface area contributed by atoms with Gasteiger partial charge in [-0.3, -0.25) is 0 Å². The number of hydrogen-bond donors (Lipinski definition) is 1. The first-order chi connectivity index (χ1) is 10.2. The van der Waals surface area contributed by atoms with E-state index in [1.807, 2.05) is 35.0 Å². The van der Waals surface area contributed by atoms with Crippen LogP contribution in [0.15, 0.2) is 30.3 Å². The highest BCUT2D eigenvalue weighted by molar-refractivity contribution is 5.20. The molecule has 0 aliphatic carbocycles. The predicted molar refractivity (Wildman–Crippen MR) is 81.0 cm³/mol. The molecule has 1 aromatic carbocycles. The third-order valence-electron chi connectivity index (χ3n) is 3.18. The Balaban J connectivity index is 1.88. The summed E-state index contributed by atoms with van der Waals surface area (Å²) in [5, 5.41) is 17.5. The van der Waals surface area contributed by atoms with Crippen molar-refractivity contribution in [3.63, 3.8) is 0 Å². The third kappa shape index (κ3) is 4.56. The van der Waals surface area contributed by atoms with Gasteiger partial charge in [-0.15, -0.1) is 5.10 Å². The third-order valence-corrected chi connectivity index (χ3v) is 3.18. The highest BCUT2D eigenvalue weighted by Gasteiger charge is 2.12. The van der Waals surface area contributed by atoms with Crippen molar-refractivity contribution in [3.05, 3.63) is 41.7 Å². The van der Waals surface area contributed by atoms with Gasteiger partial charge in [0.2, 0.25) is 0 Å². The van der Waals surface area contributed by atoms with Gasteiger partial charge in [-0.1, -0.05) is 37.3 Å². The molecule has 0 aliphatic rings. The van der Waals surface area contributed by atoms with Crippen LogP contribution >= 0.6 is 0 Å². The zero-order valence-electron chi connectivity index (χ0n) is 12.7. The lowest BCUT2D eigenvalue weighted by molar-refractivity contribution is 0.274. The molecule has 0 unspecified atom stereocenters. The number of aliphatic hydroxyl groups is 1. The molecule has 0 amide bonds. The first-order valence-corrected chi connectivity index (χ1v) is 7.40. The van der Waals surface area contributed by atoms with Gasteiger partial charge in [0.05, 0.1) is 18.9 Å². The van der Waals surface area contributed by atoms with E-state index >= 15 is 0 Å². The molecule has 0 aliphatic heterocycles. The van der Waals surface area contributed by atoms with Gasteiger partial charge in [0.15, 0.2) is 0 Å². The highest BCUT2D eigenvalue weighted by Crippen LogP contribution is 2.13. The molecule has 0 saturated heterocycles. The Morgan fingerprint density at radius 3 is 2.67 bits per heavy atom. The fourth-order valence-electron chi connectivity index (χ4n) is 2.20. The first kappa shape index (κ1) is 15.5. The lowest BCUT2D eigenvalue weighted by Crippen LogP contribution is -2.12. The van der Waals surface area contributed by atoms with Gasteiger partial charge in [-0.2, -0.15) is 0 Å². The molecule has 2 rings (SSSR count). The zero-order valence-corrected chi connectivity index (χ0v) is 12.7. The van der Waals surface area contributed by atoms with Gasteiger partial charge in [0, 0.05) is 6.54 Å². The molecule has 0 bridgehead atoms. The van der Waals surface area contributed by atoms with E-state index in [9.17, 15) is 5.11 Å². The van der Waals surface area contributed by atoms with E-state index in [4.69, 9.17) is 4.74 Å². The molecular weight excluding hydrogens is 266 g/mol. The summed E-state index contributed by atoms with van der Waals surface area (Å²) in [5.74, 6) is 1.38. The quantitative estimate of drug-likeness (QED) is 0.758. The number of rotatable bonds is 8. The average molecular weight is 289 g/mol. The van der Waals surface area contributed by atoms with Crippen LogP contribution in [0, 0.1) is 5.92 Å². The predicted octanol–water partition coefficient (Wildman–Crippen LogP) is 2.44. The van der Waals surface area contributed by atoms with Gasteiger partial charge in [0.1, 0.15) is 11.4 Å². The zero-order chi connectivity index (χ0) is 15.1. The van der Waals surface area contributed by atoms with E-state index in [2.05, 4.69) is 24.2 Å². The fourth-order valence-corrected chi connectivity index (χ4v) is 2.20. The van der Waals surface area contributed by atoms with E-state index < -0.39 is 0 Å². The minimum atomic E-state index is -0.0625. The van der Waals surface area contributed by atoms with Crippen LogP contribution < -0.4 is 4.74 Å². The molecule has 1 aromatic heterocycles. The molecule has 21 heavy (non-hydrogen) atoms. The SMILES string of the molecule is CC(C)Cn1nnc(CO)c1CCCOc1ccccc1. The minimum Gasteiger partial charge on any atom is -0.494 e. The second-order valence-electron chi connectivity index (χ2n) is 5.48. The molecule has 0 atom stereocenters. The molecule has 0 spiro atoms. The monoisotopic (exact) mass is 289 g/mol. The summed E-state index contributed by atoms with van der Waals surface area (Å²) in [5.41, 5.74) is 1.69. The summed E-state index contributed by atoms with van der Waals surface area (Å²) in [6.45, 7) is 5.68.